The first-order valence-corrected chi connectivity index (χ1v) is 6.59. The van der Waals surface area contributed by atoms with Gasteiger partial charge in [-0.1, -0.05) is 0 Å². The van der Waals surface area contributed by atoms with Gasteiger partial charge in [-0.3, -0.25) is 0 Å². The highest BCUT2D eigenvalue weighted by Gasteiger charge is 2.21. The monoisotopic (exact) mass is 249 g/mol. The van der Waals surface area contributed by atoms with E-state index in [0.717, 1.165) is 37.1 Å². The number of rotatable bonds is 2. The Morgan fingerprint density at radius 1 is 1.33 bits per heavy atom. The lowest BCUT2D eigenvalue weighted by Gasteiger charge is -2.29. The van der Waals surface area contributed by atoms with E-state index >= 15 is 0 Å². The molecule has 1 aromatic heterocycles. The fourth-order valence-corrected chi connectivity index (χ4v) is 2.54. The van der Waals surface area contributed by atoms with Gasteiger partial charge in [-0.05, 0) is 33.9 Å². The van der Waals surface area contributed by atoms with Crippen LogP contribution >= 0.6 is 0 Å². The van der Waals surface area contributed by atoms with E-state index in [1.54, 1.807) is 0 Å². The lowest BCUT2D eigenvalue weighted by atomic mass is 10.2. The Bertz CT molecular complexity index is 406. The molecule has 0 amide bonds. The summed E-state index contributed by atoms with van der Waals surface area (Å²) < 4.78 is 0. The summed E-state index contributed by atoms with van der Waals surface area (Å²) in [5.41, 5.74) is 0. The summed E-state index contributed by atoms with van der Waals surface area (Å²) in [6.45, 7) is 7.50. The van der Waals surface area contributed by atoms with E-state index in [2.05, 4.69) is 39.1 Å². The van der Waals surface area contributed by atoms with Gasteiger partial charge >= 0.3 is 0 Å². The van der Waals surface area contributed by atoms with Crippen molar-refractivity contribution in [3.8, 4) is 0 Å². The smallest absolute Gasteiger partial charge is 0.134 e. The molecular weight excluding hydrogens is 226 g/mol. The van der Waals surface area contributed by atoms with Crippen LogP contribution in [0.25, 0.3) is 0 Å². The molecule has 5 nitrogen and oxygen atoms in total. The Morgan fingerprint density at radius 3 is 2.83 bits per heavy atom. The van der Waals surface area contributed by atoms with Crippen molar-refractivity contribution in [2.24, 2.45) is 0 Å². The summed E-state index contributed by atoms with van der Waals surface area (Å²) in [4.78, 5) is 13.7. The summed E-state index contributed by atoms with van der Waals surface area (Å²) in [6.07, 6.45) is 1.18. The van der Waals surface area contributed by atoms with Gasteiger partial charge in [0.15, 0.2) is 0 Å². The third-order valence-corrected chi connectivity index (χ3v) is 3.42. The van der Waals surface area contributed by atoms with Crippen LogP contribution in [0.5, 0.6) is 0 Å². The van der Waals surface area contributed by atoms with Gasteiger partial charge in [-0.15, -0.1) is 0 Å². The van der Waals surface area contributed by atoms with E-state index in [0.29, 0.717) is 6.04 Å². The summed E-state index contributed by atoms with van der Waals surface area (Å²) in [6, 6.07) is 2.52. The zero-order valence-corrected chi connectivity index (χ0v) is 11.8. The van der Waals surface area contributed by atoms with Crippen molar-refractivity contribution in [1.29, 1.82) is 0 Å². The molecule has 1 aliphatic rings. The molecule has 2 heterocycles. The average Bonchev–Trinajstić information content (AvgIpc) is 2.49. The molecule has 1 atom stereocenters. The number of likely N-dealkylation sites (N-methyl/N-ethyl adjacent to an activating group) is 1. The fraction of sp³-hybridized carbons (Fsp3) is 0.692. The Morgan fingerprint density at radius 2 is 2.11 bits per heavy atom. The first-order chi connectivity index (χ1) is 8.60. The molecule has 18 heavy (non-hydrogen) atoms. The van der Waals surface area contributed by atoms with Crippen LogP contribution < -0.4 is 10.2 Å². The second-order valence-electron chi connectivity index (χ2n) is 5.07. The normalized spacial score (nSPS) is 21.8. The van der Waals surface area contributed by atoms with Crippen LogP contribution in [0.2, 0.25) is 0 Å². The molecule has 100 valence electrons. The lowest BCUT2D eigenvalue weighted by Crippen LogP contribution is -2.38. The van der Waals surface area contributed by atoms with Gasteiger partial charge in [0.25, 0.3) is 0 Å². The molecule has 0 spiro atoms. The average molecular weight is 249 g/mol. The van der Waals surface area contributed by atoms with Crippen LogP contribution in [-0.2, 0) is 0 Å². The van der Waals surface area contributed by atoms with Crippen molar-refractivity contribution in [2.75, 3.05) is 43.9 Å². The SMILES string of the molecule is CNc1cc(N2CCCN(C)CC2C)nc(C)n1. The molecule has 0 aromatic carbocycles. The Kier molecular flexibility index (Phi) is 4.01. The van der Waals surface area contributed by atoms with E-state index < -0.39 is 0 Å². The van der Waals surface area contributed by atoms with E-state index in [-0.39, 0.29) is 0 Å². The first-order valence-electron chi connectivity index (χ1n) is 6.59. The molecule has 1 fully saturated rings. The summed E-state index contributed by atoms with van der Waals surface area (Å²) in [7, 11) is 4.08. The van der Waals surface area contributed by atoms with Gasteiger partial charge < -0.3 is 15.1 Å². The van der Waals surface area contributed by atoms with E-state index in [9.17, 15) is 0 Å². The van der Waals surface area contributed by atoms with Crippen LogP contribution in [0.1, 0.15) is 19.2 Å². The molecule has 1 aromatic rings. The van der Waals surface area contributed by atoms with E-state index in [1.165, 1.54) is 6.42 Å². The minimum absolute atomic E-state index is 0.483. The Labute approximate surface area is 109 Å². The molecule has 5 heteroatoms. The quantitative estimate of drug-likeness (QED) is 0.857. The predicted molar refractivity (Wildman–Crippen MR) is 75.2 cm³/mol. The summed E-state index contributed by atoms with van der Waals surface area (Å²) >= 11 is 0. The van der Waals surface area contributed by atoms with Gasteiger partial charge in [0.2, 0.25) is 0 Å². The minimum atomic E-state index is 0.483. The molecule has 2 rings (SSSR count). The second-order valence-corrected chi connectivity index (χ2v) is 5.07. The zero-order valence-electron chi connectivity index (χ0n) is 11.8. The van der Waals surface area contributed by atoms with Crippen LogP contribution in [-0.4, -0.2) is 54.6 Å². The van der Waals surface area contributed by atoms with Crippen LogP contribution in [0.15, 0.2) is 6.07 Å². The van der Waals surface area contributed by atoms with Crippen molar-refractivity contribution in [3.05, 3.63) is 11.9 Å². The summed E-state index contributed by atoms with van der Waals surface area (Å²) in [5.74, 6) is 2.75. The number of hydrogen-bond acceptors (Lipinski definition) is 5. The van der Waals surface area contributed by atoms with Gasteiger partial charge in [0, 0.05) is 32.2 Å². The number of nitrogens with zero attached hydrogens (tertiary/aromatic N) is 4. The maximum Gasteiger partial charge on any atom is 0.134 e. The maximum atomic E-state index is 4.58. The molecule has 1 N–H and O–H groups in total. The predicted octanol–water partition coefficient (Wildman–Crippen LogP) is 1.36. The molecule has 1 saturated heterocycles. The number of anilines is 2. The highest BCUT2D eigenvalue weighted by molar-refractivity contribution is 5.49. The molecular formula is C13H23N5. The summed E-state index contributed by atoms with van der Waals surface area (Å²) in [5, 5.41) is 3.10. The van der Waals surface area contributed by atoms with Gasteiger partial charge in [-0.2, -0.15) is 0 Å². The van der Waals surface area contributed by atoms with Crippen molar-refractivity contribution in [2.45, 2.75) is 26.3 Å². The third-order valence-electron chi connectivity index (χ3n) is 3.42. The molecule has 1 aliphatic heterocycles. The van der Waals surface area contributed by atoms with E-state index in [1.807, 2.05) is 20.0 Å². The number of aromatic nitrogens is 2. The minimum Gasteiger partial charge on any atom is -0.373 e. The van der Waals surface area contributed by atoms with Crippen molar-refractivity contribution in [3.63, 3.8) is 0 Å². The van der Waals surface area contributed by atoms with E-state index in [4.69, 9.17) is 0 Å². The fourth-order valence-electron chi connectivity index (χ4n) is 2.54. The Hall–Kier alpha value is -1.36. The van der Waals surface area contributed by atoms with Gasteiger partial charge in [0.1, 0.15) is 17.5 Å². The molecule has 1 unspecified atom stereocenters. The highest BCUT2D eigenvalue weighted by atomic mass is 15.3. The third kappa shape index (κ3) is 2.90. The number of hydrogen-bond donors (Lipinski definition) is 1. The zero-order chi connectivity index (χ0) is 13.1. The number of nitrogens with one attached hydrogen (secondary N) is 1. The molecule has 0 radical (unpaired) electrons. The van der Waals surface area contributed by atoms with Crippen molar-refractivity contribution < 1.29 is 0 Å². The Balaban J connectivity index is 2.26. The molecule has 0 aliphatic carbocycles. The standard InChI is InChI=1S/C13H23N5/c1-10-9-17(4)6-5-7-18(10)13-8-12(14-3)15-11(2)16-13/h8,10H,5-7,9H2,1-4H3,(H,14,15,16). The van der Waals surface area contributed by atoms with Crippen LogP contribution in [0.4, 0.5) is 11.6 Å². The van der Waals surface area contributed by atoms with Crippen molar-refractivity contribution in [1.82, 2.24) is 14.9 Å². The van der Waals surface area contributed by atoms with Crippen LogP contribution in [0.3, 0.4) is 0 Å². The van der Waals surface area contributed by atoms with Gasteiger partial charge in [0.05, 0.1) is 0 Å². The highest BCUT2D eigenvalue weighted by Crippen LogP contribution is 2.20. The van der Waals surface area contributed by atoms with Gasteiger partial charge in [-0.25, -0.2) is 9.97 Å². The van der Waals surface area contributed by atoms with Crippen molar-refractivity contribution >= 4 is 11.6 Å². The first kappa shape index (κ1) is 13.1. The lowest BCUT2D eigenvalue weighted by molar-refractivity contribution is 0.337. The maximum absolute atomic E-state index is 4.58. The topological polar surface area (TPSA) is 44.3 Å². The number of aryl methyl sites for hydroxylation is 1. The molecule has 0 saturated carbocycles. The van der Waals surface area contributed by atoms with Crippen LogP contribution in [0, 0.1) is 6.92 Å². The largest absolute Gasteiger partial charge is 0.373 e. The second kappa shape index (κ2) is 5.52. The molecule has 0 bridgehead atoms.